The normalized spacial score (nSPS) is 10.9. The second-order valence-corrected chi connectivity index (χ2v) is 3.86. The second kappa shape index (κ2) is 3.12. The molecule has 2 aromatic rings. The summed E-state index contributed by atoms with van der Waals surface area (Å²) in [6.07, 6.45) is 0. The lowest BCUT2D eigenvalue weighted by molar-refractivity contribution is 0.0686. The van der Waals surface area contributed by atoms with Gasteiger partial charge in [0.05, 0.1) is 0 Å². The molecule has 0 bridgehead atoms. The maximum absolute atomic E-state index is 11.1. The smallest absolute Gasteiger partial charge is 0.352 e. The van der Waals surface area contributed by atoms with E-state index < -0.39 is 5.97 Å². The summed E-state index contributed by atoms with van der Waals surface area (Å²) >= 11 is 0. The van der Waals surface area contributed by atoms with Crippen molar-refractivity contribution >= 4 is 16.9 Å². The van der Waals surface area contributed by atoms with Crippen molar-refractivity contribution in [2.24, 2.45) is 7.05 Å². The van der Waals surface area contributed by atoms with E-state index in [1.165, 1.54) is 0 Å². The van der Waals surface area contributed by atoms with Crippen molar-refractivity contribution in [3.8, 4) is 0 Å². The molecule has 0 saturated carbocycles. The van der Waals surface area contributed by atoms with Crippen LogP contribution in [0, 0.1) is 13.8 Å². The highest BCUT2D eigenvalue weighted by Crippen LogP contribution is 2.25. The third-order valence-corrected chi connectivity index (χ3v) is 2.81. The van der Waals surface area contributed by atoms with Gasteiger partial charge in [-0.3, -0.25) is 0 Å². The van der Waals surface area contributed by atoms with Crippen LogP contribution in [0.4, 0.5) is 0 Å². The molecular weight excluding hydrogens is 190 g/mol. The molecule has 1 N–H and O–H groups in total. The first-order valence-electron chi connectivity index (χ1n) is 4.81. The molecule has 0 aliphatic carbocycles. The highest BCUT2D eigenvalue weighted by atomic mass is 16.4. The molecule has 0 amide bonds. The quantitative estimate of drug-likeness (QED) is 0.773. The van der Waals surface area contributed by atoms with Crippen LogP contribution in [-0.2, 0) is 7.05 Å². The first kappa shape index (κ1) is 9.77. The van der Waals surface area contributed by atoms with Gasteiger partial charge in [-0.15, -0.1) is 0 Å². The van der Waals surface area contributed by atoms with E-state index in [-0.39, 0.29) is 0 Å². The minimum atomic E-state index is -0.871. The number of fused-ring (bicyclic) bond motifs is 1. The molecule has 0 aliphatic rings. The number of hydrogen-bond donors (Lipinski definition) is 1. The highest BCUT2D eigenvalue weighted by molar-refractivity contribution is 5.98. The van der Waals surface area contributed by atoms with E-state index in [1.54, 1.807) is 11.6 Å². The molecule has 0 atom stereocenters. The lowest BCUT2D eigenvalue weighted by atomic mass is 10.1. The number of aromatic carboxylic acids is 1. The van der Waals surface area contributed by atoms with Gasteiger partial charge in [-0.2, -0.15) is 0 Å². The van der Waals surface area contributed by atoms with Crippen LogP contribution in [0.3, 0.4) is 0 Å². The number of carboxylic acids is 1. The summed E-state index contributed by atoms with van der Waals surface area (Å²) in [6, 6.07) is 5.98. The Morgan fingerprint density at radius 3 is 2.60 bits per heavy atom. The van der Waals surface area contributed by atoms with Crippen LogP contribution >= 0.6 is 0 Å². The number of carboxylic acid groups (broad SMARTS) is 1. The van der Waals surface area contributed by atoms with Crippen molar-refractivity contribution in [2.75, 3.05) is 0 Å². The van der Waals surface area contributed by atoms with E-state index in [2.05, 4.69) is 0 Å². The maximum atomic E-state index is 11.1. The van der Waals surface area contributed by atoms with Crippen molar-refractivity contribution < 1.29 is 9.90 Å². The minimum Gasteiger partial charge on any atom is -0.477 e. The second-order valence-electron chi connectivity index (χ2n) is 3.86. The van der Waals surface area contributed by atoms with Crippen LogP contribution in [0.5, 0.6) is 0 Å². The van der Waals surface area contributed by atoms with Crippen molar-refractivity contribution in [1.29, 1.82) is 0 Å². The number of hydrogen-bond acceptors (Lipinski definition) is 1. The Labute approximate surface area is 87.9 Å². The van der Waals surface area contributed by atoms with Gasteiger partial charge in [0.25, 0.3) is 0 Å². The zero-order chi connectivity index (χ0) is 11.2. The first-order chi connectivity index (χ1) is 7.02. The number of aromatic nitrogens is 1. The minimum absolute atomic E-state index is 0.371. The molecule has 1 heterocycles. The van der Waals surface area contributed by atoms with Crippen molar-refractivity contribution in [3.05, 3.63) is 35.0 Å². The Balaban J connectivity index is 2.91. The van der Waals surface area contributed by atoms with E-state index in [0.29, 0.717) is 5.69 Å². The van der Waals surface area contributed by atoms with Crippen molar-refractivity contribution in [3.63, 3.8) is 0 Å². The molecule has 3 nitrogen and oxygen atoms in total. The Bertz CT molecular complexity index is 552. The zero-order valence-corrected chi connectivity index (χ0v) is 9.03. The Morgan fingerprint density at radius 1 is 1.33 bits per heavy atom. The molecule has 0 saturated heterocycles. The molecule has 15 heavy (non-hydrogen) atoms. The lowest BCUT2D eigenvalue weighted by Crippen LogP contribution is -2.05. The van der Waals surface area contributed by atoms with Gasteiger partial charge >= 0.3 is 5.97 Å². The SMILES string of the molecule is Cc1ccc2c(c1)c(C)c(C(=O)O)n2C. The van der Waals surface area contributed by atoms with Crippen LogP contribution < -0.4 is 0 Å². The molecule has 2 rings (SSSR count). The molecular formula is C12H13NO2. The Morgan fingerprint density at radius 2 is 2.00 bits per heavy atom. The summed E-state index contributed by atoms with van der Waals surface area (Å²) < 4.78 is 1.73. The van der Waals surface area contributed by atoms with Crippen LogP contribution in [0.15, 0.2) is 18.2 Å². The van der Waals surface area contributed by atoms with Gasteiger partial charge < -0.3 is 9.67 Å². The van der Waals surface area contributed by atoms with Gasteiger partial charge in [-0.05, 0) is 31.5 Å². The summed E-state index contributed by atoms with van der Waals surface area (Å²) in [5.74, 6) is -0.871. The van der Waals surface area contributed by atoms with E-state index in [1.807, 2.05) is 32.0 Å². The summed E-state index contributed by atoms with van der Waals surface area (Å²) in [6.45, 7) is 3.86. The first-order valence-corrected chi connectivity index (χ1v) is 4.81. The average molecular weight is 203 g/mol. The number of benzene rings is 1. The maximum Gasteiger partial charge on any atom is 0.352 e. The monoisotopic (exact) mass is 203 g/mol. The predicted molar refractivity (Wildman–Crippen MR) is 59.4 cm³/mol. The van der Waals surface area contributed by atoms with Crippen LogP contribution in [0.2, 0.25) is 0 Å². The van der Waals surface area contributed by atoms with Gasteiger partial charge in [-0.25, -0.2) is 4.79 Å². The average Bonchev–Trinajstić information content (AvgIpc) is 2.39. The predicted octanol–water partition coefficient (Wildman–Crippen LogP) is 2.49. The molecule has 0 unspecified atom stereocenters. The standard InChI is InChI=1S/C12H13NO2/c1-7-4-5-10-9(6-7)8(2)11(12(14)15)13(10)3/h4-6H,1-3H3,(H,14,15). The molecule has 0 spiro atoms. The Kier molecular flexibility index (Phi) is 2.03. The van der Waals surface area contributed by atoms with E-state index >= 15 is 0 Å². The number of carbonyl (C=O) groups is 1. The van der Waals surface area contributed by atoms with Gasteiger partial charge in [0.2, 0.25) is 0 Å². The third kappa shape index (κ3) is 1.31. The summed E-state index contributed by atoms with van der Waals surface area (Å²) in [5.41, 5.74) is 3.32. The fourth-order valence-electron chi connectivity index (χ4n) is 2.05. The zero-order valence-electron chi connectivity index (χ0n) is 9.03. The van der Waals surface area contributed by atoms with Gasteiger partial charge in [-0.1, -0.05) is 11.6 Å². The summed E-state index contributed by atoms with van der Waals surface area (Å²) in [7, 11) is 1.79. The molecule has 1 aromatic carbocycles. The van der Waals surface area contributed by atoms with Crippen LogP contribution in [0.1, 0.15) is 21.6 Å². The molecule has 1 aromatic heterocycles. The summed E-state index contributed by atoms with van der Waals surface area (Å²) in [4.78, 5) is 11.1. The van der Waals surface area contributed by atoms with Gasteiger partial charge in [0.1, 0.15) is 5.69 Å². The highest BCUT2D eigenvalue weighted by Gasteiger charge is 2.16. The number of nitrogens with zero attached hydrogens (tertiary/aromatic N) is 1. The topological polar surface area (TPSA) is 42.2 Å². The van der Waals surface area contributed by atoms with E-state index in [9.17, 15) is 4.79 Å². The summed E-state index contributed by atoms with van der Waals surface area (Å²) in [5, 5.41) is 10.1. The molecule has 0 aliphatic heterocycles. The van der Waals surface area contributed by atoms with Crippen molar-refractivity contribution in [2.45, 2.75) is 13.8 Å². The van der Waals surface area contributed by atoms with Crippen molar-refractivity contribution in [1.82, 2.24) is 4.57 Å². The molecule has 0 fully saturated rings. The van der Waals surface area contributed by atoms with Crippen LogP contribution in [0.25, 0.3) is 10.9 Å². The molecule has 0 radical (unpaired) electrons. The lowest BCUT2D eigenvalue weighted by Gasteiger charge is -1.99. The number of rotatable bonds is 1. The van der Waals surface area contributed by atoms with E-state index in [4.69, 9.17) is 5.11 Å². The largest absolute Gasteiger partial charge is 0.477 e. The number of aryl methyl sites for hydroxylation is 3. The molecule has 3 heteroatoms. The van der Waals surface area contributed by atoms with Gasteiger partial charge in [0, 0.05) is 18.0 Å². The van der Waals surface area contributed by atoms with E-state index in [0.717, 1.165) is 22.0 Å². The third-order valence-electron chi connectivity index (χ3n) is 2.81. The van der Waals surface area contributed by atoms with Crippen LogP contribution in [-0.4, -0.2) is 15.6 Å². The molecule has 78 valence electrons. The fourth-order valence-corrected chi connectivity index (χ4v) is 2.05. The van der Waals surface area contributed by atoms with Gasteiger partial charge in [0.15, 0.2) is 0 Å². The fraction of sp³-hybridized carbons (Fsp3) is 0.250. The Hall–Kier alpha value is -1.77.